The number of hydrogen-bond donors (Lipinski definition) is 1. The van der Waals surface area contributed by atoms with Crippen molar-refractivity contribution in [2.75, 3.05) is 13.2 Å². The van der Waals surface area contributed by atoms with Gasteiger partial charge < -0.3 is 10.1 Å². The fourth-order valence-electron chi connectivity index (χ4n) is 1.99. The Morgan fingerprint density at radius 2 is 2.00 bits per heavy atom. The highest BCUT2D eigenvalue weighted by Gasteiger charge is 2.02. The lowest BCUT2D eigenvalue weighted by Gasteiger charge is -2.09. The van der Waals surface area contributed by atoms with Gasteiger partial charge in [-0.3, -0.25) is 4.79 Å². The lowest BCUT2D eigenvalue weighted by Crippen LogP contribution is -2.27. The van der Waals surface area contributed by atoms with Crippen molar-refractivity contribution in [3.63, 3.8) is 0 Å². The summed E-state index contributed by atoms with van der Waals surface area (Å²) in [5.41, 5.74) is 3.94. The quantitative estimate of drug-likeness (QED) is 0.741. The lowest BCUT2D eigenvalue weighted by molar-refractivity contribution is -0.121. The van der Waals surface area contributed by atoms with Gasteiger partial charge in [-0.1, -0.05) is 18.2 Å². The Hall–Kier alpha value is -1.35. The number of amides is 1. The van der Waals surface area contributed by atoms with E-state index in [1.807, 2.05) is 13.8 Å². The fourth-order valence-corrected chi connectivity index (χ4v) is 1.99. The molecule has 0 aliphatic heterocycles. The number of ether oxygens (including phenoxy) is 1. The molecular formula is C17H27NO2. The van der Waals surface area contributed by atoms with E-state index >= 15 is 0 Å². The molecule has 3 heteroatoms. The van der Waals surface area contributed by atoms with Crippen molar-refractivity contribution < 1.29 is 9.53 Å². The summed E-state index contributed by atoms with van der Waals surface area (Å²) in [6.45, 7) is 9.41. The molecule has 1 amide bonds. The highest BCUT2D eigenvalue weighted by atomic mass is 16.5. The van der Waals surface area contributed by atoms with Gasteiger partial charge in [0.1, 0.15) is 0 Å². The minimum atomic E-state index is 0.112. The van der Waals surface area contributed by atoms with Gasteiger partial charge in [-0.25, -0.2) is 0 Å². The molecule has 0 bridgehead atoms. The smallest absolute Gasteiger partial charge is 0.220 e. The van der Waals surface area contributed by atoms with Gasteiger partial charge in [-0.15, -0.1) is 0 Å². The molecule has 20 heavy (non-hydrogen) atoms. The first-order valence-corrected chi connectivity index (χ1v) is 7.43. The number of benzene rings is 1. The molecule has 0 aromatic heterocycles. The van der Waals surface area contributed by atoms with Crippen LogP contribution < -0.4 is 5.32 Å². The second-order valence-corrected chi connectivity index (χ2v) is 5.54. The van der Waals surface area contributed by atoms with E-state index in [4.69, 9.17) is 4.74 Å². The fraction of sp³-hybridized carbons (Fsp3) is 0.588. The summed E-state index contributed by atoms with van der Waals surface area (Å²) in [7, 11) is 0. The largest absolute Gasteiger partial charge is 0.377 e. The van der Waals surface area contributed by atoms with E-state index in [1.54, 1.807) is 0 Å². The van der Waals surface area contributed by atoms with Gasteiger partial charge >= 0.3 is 0 Å². The molecule has 3 nitrogen and oxygen atoms in total. The number of carbonyl (C=O) groups is 1. The molecule has 0 radical (unpaired) electrons. The summed E-state index contributed by atoms with van der Waals surface area (Å²) in [5.74, 6) is 0.112. The molecule has 0 atom stereocenters. The predicted octanol–water partition coefficient (Wildman–Crippen LogP) is 3.17. The van der Waals surface area contributed by atoms with Crippen LogP contribution in [0.3, 0.4) is 0 Å². The number of carbonyl (C=O) groups excluding carboxylic acids is 1. The molecule has 1 aromatic carbocycles. The van der Waals surface area contributed by atoms with Gasteiger partial charge in [0.25, 0.3) is 0 Å². The van der Waals surface area contributed by atoms with Gasteiger partial charge in [0.15, 0.2) is 0 Å². The third-order valence-corrected chi connectivity index (χ3v) is 3.32. The molecule has 0 saturated carbocycles. The SMILES string of the molecule is Cc1ccc(CCCC(=O)NCCOC(C)C)cc1C. The molecule has 0 saturated heterocycles. The summed E-state index contributed by atoms with van der Waals surface area (Å²) >= 11 is 0. The number of hydrogen-bond acceptors (Lipinski definition) is 2. The van der Waals surface area contributed by atoms with Crippen molar-refractivity contribution in [2.45, 2.75) is 53.1 Å². The Balaban J connectivity index is 2.16. The van der Waals surface area contributed by atoms with E-state index in [-0.39, 0.29) is 12.0 Å². The van der Waals surface area contributed by atoms with Crippen molar-refractivity contribution >= 4 is 5.91 Å². The number of nitrogens with one attached hydrogen (secondary N) is 1. The summed E-state index contributed by atoms with van der Waals surface area (Å²) in [4.78, 5) is 11.6. The van der Waals surface area contributed by atoms with Gasteiger partial charge in [0.2, 0.25) is 5.91 Å². The predicted molar refractivity (Wildman–Crippen MR) is 83.0 cm³/mol. The Kier molecular flexibility index (Phi) is 7.31. The van der Waals surface area contributed by atoms with Crippen molar-refractivity contribution in [1.82, 2.24) is 5.32 Å². The monoisotopic (exact) mass is 277 g/mol. The van der Waals surface area contributed by atoms with Crippen LogP contribution in [0.25, 0.3) is 0 Å². The highest BCUT2D eigenvalue weighted by Crippen LogP contribution is 2.12. The molecule has 0 fully saturated rings. The molecule has 1 aromatic rings. The molecule has 0 unspecified atom stereocenters. The highest BCUT2D eigenvalue weighted by molar-refractivity contribution is 5.75. The van der Waals surface area contributed by atoms with Crippen LogP contribution in [0.15, 0.2) is 18.2 Å². The minimum Gasteiger partial charge on any atom is -0.377 e. The molecule has 112 valence electrons. The van der Waals surface area contributed by atoms with Crippen LogP contribution in [0.4, 0.5) is 0 Å². The Morgan fingerprint density at radius 1 is 1.25 bits per heavy atom. The Labute approximate surface area is 122 Å². The first-order valence-electron chi connectivity index (χ1n) is 7.43. The van der Waals surface area contributed by atoms with Crippen molar-refractivity contribution in [1.29, 1.82) is 0 Å². The van der Waals surface area contributed by atoms with Crippen LogP contribution in [0.5, 0.6) is 0 Å². The van der Waals surface area contributed by atoms with Crippen molar-refractivity contribution in [2.24, 2.45) is 0 Å². The number of aryl methyl sites for hydroxylation is 3. The summed E-state index contributed by atoms with van der Waals surface area (Å²) in [6.07, 6.45) is 2.64. The third kappa shape index (κ3) is 6.71. The molecular weight excluding hydrogens is 250 g/mol. The van der Waals surface area contributed by atoms with E-state index in [2.05, 4.69) is 37.4 Å². The minimum absolute atomic E-state index is 0.112. The Bertz CT molecular complexity index is 427. The molecule has 0 spiro atoms. The molecule has 0 aliphatic rings. The van der Waals surface area contributed by atoms with Crippen LogP contribution in [-0.2, 0) is 16.0 Å². The zero-order chi connectivity index (χ0) is 15.0. The zero-order valence-electron chi connectivity index (χ0n) is 13.2. The van der Waals surface area contributed by atoms with Crippen LogP contribution in [0, 0.1) is 13.8 Å². The molecule has 0 heterocycles. The molecule has 0 aliphatic carbocycles. The van der Waals surface area contributed by atoms with Crippen LogP contribution in [-0.4, -0.2) is 25.2 Å². The zero-order valence-corrected chi connectivity index (χ0v) is 13.2. The second kappa shape index (κ2) is 8.75. The first kappa shape index (κ1) is 16.7. The van der Waals surface area contributed by atoms with Crippen LogP contribution in [0.1, 0.15) is 43.4 Å². The van der Waals surface area contributed by atoms with E-state index in [9.17, 15) is 4.79 Å². The first-order chi connectivity index (χ1) is 9.49. The van der Waals surface area contributed by atoms with Gasteiger partial charge in [-0.05, 0) is 57.2 Å². The maximum atomic E-state index is 11.6. The van der Waals surface area contributed by atoms with Crippen molar-refractivity contribution in [3.8, 4) is 0 Å². The average Bonchev–Trinajstić information content (AvgIpc) is 2.39. The standard InChI is InChI=1S/C17H27NO2/c1-13(2)20-11-10-18-17(19)7-5-6-16-9-8-14(3)15(4)12-16/h8-9,12-13H,5-7,10-11H2,1-4H3,(H,18,19). The average molecular weight is 277 g/mol. The normalized spacial score (nSPS) is 10.8. The maximum absolute atomic E-state index is 11.6. The Morgan fingerprint density at radius 3 is 2.65 bits per heavy atom. The molecule has 1 rings (SSSR count). The van der Waals surface area contributed by atoms with Gasteiger partial charge in [-0.2, -0.15) is 0 Å². The van der Waals surface area contributed by atoms with Crippen molar-refractivity contribution in [3.05, 3.63) is 34.9 Å². The van der Waals surface area contributed by atoms with E-state index in [1.165, 1.54) is 16.7 Å². The lowest BCUT2D eigenvalue weighted by atomic mass is 10.0. The van der Waals surface area contributed by atoms with Crippen LogP contribution in [0.2, 0.25) is 0 Å². The molecule has 1 N–H and O–H groups in total. The van der Waals surface area contributed by atoms with Crippen LogP contribution >= 0.6 is 0 Å². The second-order valence-electron chi connectivity index (χ2n) is 5.54. The number of rotatable bonds is 8. The van der Waals surface area contributed by atoms with Gasteiger partial charge in [0.05, 0.1) is 12.7 Å². The summed E-state index contributed by atoms with van der Waals surface area (Å²) in [6, 6.07) is 6.51. The topological polar surface area (TPSA) is 38.3 Å². The summed E-state index contributed by atoms with van der Waals surface area (Å²) in [5, 5.41) is 2.88. The summed E-state index contributed by atoms with van der Waals surface area (Å²) < 4.78 is 5.38. The van der Waals surface area contributed by atoms with Gasteiger partial charge in [0, 0.05) is 13.0 Å². The van der Waals surface area contributed by atoms with E-state index < -0.39 is 0 Å². The maximum Gasteiger partial charge on any atom is 0.220 e. The third-order valence-electron chi connectivity index (χ3n) is 3.32. The van der Waals surface area contributed by atoms with E-state index in [0.717, 1.165) is 12.8 Å². The van der Waals surface area contributed by atoms with E-state index in [0.29, 0.717) is 19.6 Å².